The van der Waals surface area contributed by atoms with Crippen LogP contribution in [0.15, 0.2) is 10.9 Å². The van der Waals surface area contributed by atoms with Crippen LogP contribution in [0.5, 0.6) is 0 Å². The number of hydrogen-bond acceptors (Lipinski definition) is 7. The molecule has 4 N–H and O–H groups in total. The van der Waals surface area contributed by atoms with E-state index in [2.05, 4.69) is 39.7 Å². The van der Waals surface area contributed by atoms with Crippen molar-refractivity contribution in [1.82, 2.24) is 15.1 Å². The summed E-state index contributed by atoms with van der Waals surface area (Å²) in [7, 11) is 0. The summed E-state index contributed by atoms with van der Waals surface area (Å²) < 4.78 is 5.22. The second-order valence-electron chi connectivity index (χ2n) is 5.39. The summed E-state index contributed by atoms with van der Waals surface area (Å²) >= 11 is 0. The number of rotatable bonds is 5. The summed E-state index contributed by atoms with van der Waals surface area (Å²) in [6.45, 7) is 10.0. The first-order chi connectivity index (χ1) is 9.95. The first kappa shape index (κ1) is 15.2. The van der Waals surface area contributed by atoms with Crippen molar-refractivity contribution in [2.24, 2.45) is 5.84 Å². The van der Waals surface area contributed by atoms with Gasteiger partial charge in [-0.05, 0) is 26.7 Å². The van der Waals surface area contributed by atoms with Gasteiger partial charge < -0.3 is 15.3 Å². The third-order valence-electron chi connectivity index (χ3n) is 3.47. The van der Waals surface area contributed by atoms with E-state index in [-0.39, 0.29) is 12.0 Å². The van der Waals surface area contributed by atoms with Crippen LogP contribution in [-0.4, -0.2) is 15.1 Å². The summed E-state index contributed by atoms with van der Waals surface area (Å²) in [5.41, 5.74) is 5.51. The maximum atomic E-state index is 5.54. The molecule has 0 aliphatic rings. The van der Waals surface area contributed by atoms with Crippen LogP contribution in [-0.2, 0) is 0 Å². The lowest BCUT2D eigenvalue weighted by molar-refractivity contribution is 0.392. The molecule has 0 aromatic carbocycles. The van der Waals surface area contributed by atoms with E-state index in [1.54, 1.807) is 0 Å². The van der Waals surface area contributed by atoms with Crippen LogP contribution in [0.25, 0.3) is 0 Å². The Morgan fingerprint density at radius 3 is 2.29 bits per heavy atom. The largest absolute Gasteiger partial charge is 0.363 e. The normalized spacial score (nSPS) is 12.5. The molecule has 0 spiro atoms. The number of hydrogen-bond donors (Lipinski definition) is 3. The highest BCUT2D eigenvalue weighted by atomic mass is 16.5. The van der Waals surface area contributed by atoms with Gasteiger partial charge in [0.2, 0.25) is 0 Å². The van der Waals surface area contributed by atoms with Gasteiger partial charge in [0.05, 0.1) is 11.7 Å². The van der Waals surface area contributed by atoms with Gasteiger partial charge in [-0.25, -0.2) is 15.8 Å². The lowest BCUT2D eigenvalue weighted by Gasteiger charge is -2.20. The second kappa shape index (κ2) is 6.09. The molecular formula is C14H22N6O. The topological polar surface area (TPSA) is 102 Å². The van der Waals surface area contributed by atoms with E-state index in [0.717, 1.165) is 28.4 Å². The van der Waals surface area contributed by atoms with Crippen LogP contribution in [0.1, 0.15) is 55.3 Å². The van der Waals surface area contributed by atoms with Gasteiger partial charge in [0.1, 0.15) is 23.7 Å². The van der Waals surface area contributed by atoms with Gasteiger partial charge >= 0.3 is 0 Å². The van der Waals surface area contributed by atoms with Gasteiger partial charge in [0.15, 0.2) is 0 Å². The molecule has 0 aliphatic carbocycles. The van der Waals surface area contributed by atoms with Crippen LogP contribution < -0.4 is 16.6 Å². The highest BCUT2D eigenvalue weighted by molar-refractivity contribution is 5.59. The molecule has 0 amide bonds. The number of anilines is 2. The minimum atomic E-state index is 0.0225. The van der Waals surface area contributed by atoms with Crippen molar-refractivity contribution in [3.63, 3.8) is 0 Å². The Hall–Kier alpha value is -2.15. The molecule has 114 valence electrons. The Kier molecular flexibility index (Phi) is 4.42. The van der Waals surface area contributed by atoms with Gasteiger partial charge in [-0.1, -0.05) is 19.0 Å². The third kappa shape index (κ3) is 2.97. The number of hydrazine groups is 1. The predicted molar refractivity (Wildman–Crippen MR) is 81.9 cm³/mol. The summed E-state index contributed by atoms with van der Waals surface area (Å²) in [6, 6.07) is 0.0225. The molecule has 2 rings (SSSR count). The van der Waals surface area contributed by atoms with Crippen molar-refractivity contribution < 1.29 is 4.52 Å². The first-order valence-corrected chi connectivity index (χ1v) is 6.96. The Balaban J connectivity index is 2.36. The number of aromatic nitrogens is 3. The Bertz CT molecular complexity index is 602. The molecule has 21 heavy (non-hydrogen) atoms. The SMILES string of the molecule is Cc1noc(C)c1C(C)Nc1ncnc(NN)c1C(C)C. The van der Waals surface area contributed by atoms with Crippen molar-refractivity contribution in [3.8, 4) is 0 Å². The molecule has 0 saturated carbocycles. The highest BCUT2D eigenvalue weighted by Crippen LogP contribution is 2.31. The van der Waals surface area contributed by atoms with Gasteiger partial charge in [-0.2, -0.15) is 0 Å². The second-order valence-corrected chi connectivity index (χ2v) is 5.39. The zero-order valence-electron chi connectivity index (χ0n) is 13.1. The predicted octanol–water partition coefficient (Wildman–Crippen LogP) is 2.66. The fraction of sp³-hybridized carbons (Fsp3) is 0.500. The van der Waals surface area contributed by atoms with Crippen LogP contribution in [0.2, 0.25) is 0 Å². The lowest BCUT2D eigenvalue weighted by Crippen LogP contribution is -2.17. The smallest absolute Gasteiger partial charge is 0.148 e. The molecule has 2 aromatic heterocycles. The minimum Gasteiger partial charge on any atom is -0.363 e. The summed E-state index contributed by atoms with van der Waals surface area (Å²) in [5, 5.41) is 7.39. The number of aryl methyl sites for hydroxylation is 2. The number of nitrogens with one attached hydrogen (secondary N) is 2. The molecule has 2 heterocycles. The average molecular weight is 290 g/mol. The van der Waals surface area contributed by atoms with Gasteiger partial charge in [0.25, 0.3) is 0 Å². The van der Waals surface area contributed by atoms with E-state index in [1.165, 1.54) is 6.33 Å². The van der Waals surface area contributed by atoms with Gasteiger partial charge in [0, 0.05) is 11.1 Å². The Morgan fingerprint density at radius 2 is 1.76 bits per heavy atom. The zero-order valence-corrected chi connectivity index (χ0v) is 13.1. The fourth-order valence-corrected chi connectivity index (χ4v) is 2.56. The third-order valence-corrected chi connectivity index (χ3v) is 3.47. The molecule has 0 fully saturated rings. The standard InChI is InChI=1S/C14H22N6O/c1-7(2)11-13(16-6-17-14(11)19-15)18-8(3)12-9(4)20-21-10(12)5/h6-8H,15H2,1-5H3,(H2,16,17,18,19). The average Bonchev–Trinajstić information content (AvgIpc) is 2.77. The van der Waals surface area contributed by atoms with E-state index in [0.29, 0.717) is 5.82 Å². The number of nitrogen functional groups attached to an aromatic ring is 1. The van der Waals surface area contributed by atoms with E-state index < -0.39 is 0 Å². The highest BCUT2D eigenvalue weighted by Gasteiger charge is 2.20. The molecular weight excluding hydrogens is 268 g/mol. The monoisotopic (exact) mass is 290 g/mol. The Labute approximate surface area is 124 Å². The fourth-order valence-electron chi connectivity index (χ4n) is 2.56. The molecule has 7 nitrogen and oxygen atoms in total. The van der Waals surface area contributed by atoms with Crippen LogP contribution >= 0.6 is 0 Å². The summed E-state index contributed by atoms with van der Waals surface area (Å²) in [6.07, 6.45) is 1.49. The first-order valence-electron chi connectivity index (χ1n) is 6.96. The van der Waals surface area contributed by atoms with E-state index >= 15 is 0 Å². The quantitative estimate of drug-likeness (QED) is 0.574. The molecule has 7 heteroatoms. The van der Waals surface area contributed by atoms with E-state index in [4.69, 9.17) is 10.4 Å². The molecule has 0 bridgehead atoms. The minimum absolute atomic E-state index is 0.0225. The Morgan fingerprint density at radius 1 is 1.10 bits per heavy atom. The van der Waals surface area contributed by atoms with Gasteiger partial charge in [-0.3, -0.25) is 0 Å². The van der Waals surface area contributed by atoms with E-state index in [1.807, 2.05) is 20.8 Å². The van der Waals surface area contributed by atoms with Crippen LogP contribution in [0.4, 0.5) is 11.6 Å². The number of nitrogens with two attached hydrogens (primary N) is 1. The van der Waals surface area contributed by atoms with E-state index in [9.17, 15) is 0 Å². The molecule has 1 atom stereocenters. The summed E-state index contributed by atoms with van der Waals surface area (Å²) in [4.78, 5) is 8.52. The molecule has 0 aliphatic heterocycles. The molecule has 1 unspecified atom stereocenters. The van der Waals surface area contributed by atoms with Crippen molar-refractivity contribution >= 4 is 11.6 Å². The van der Waals surface area contributed by atoms with Crippen molar-refractivity contribution in [3.05, 3.63) is 28.9 Å². The van der Waals surface area contributed by atoms with Gasteiger partial charge in [-0.15, -0.1) is 0 Å². The van der Waals surface area contributed by atoms with Crippen molar-refractivity contribution in [2.45, 2.75) is 46.6 Å². The zero-order chi connectivity index (χ0) is 15.6. The molecule has 0 saturated heterocycles. The maximum Gasteiger partial charge on any atom is 0.148 e. The lowest BCUT2D eigenvalue weighted by atomic mass is 10.0. The van der Waals surface area contributed by atoms with Crippen molar-refractivity contribution in [1.29, 1.82) is 0 Å². The van der Waals surface area contributed by atoms with Crippen LogP contribution in [0.3, 0.4) is 0 Å². The molecule has 0 radical (unpaired) electrons. The van der Waals surface area contributed by atoms with Crippen LogP contribution in [0, 0.1) is 13.8 Å². The van der Waals surface area contributed by atoms with Crippen molar-refractivity contribution in [2.75, 3.05) is 10.7 Å². The number of nitrogens with zero attached hydrogens (tertiary/aromatic N) is 3. The summed E-state index contributed by atoms with van der Waals surface area (Å²) in [5.74, 6) is 7.98. The maximum absolute atomic E-state index is 5.54. The molecule has 2 aromatic rings.